The number of methoxy groups -OCH3 is 2. The van der Waals surface area contributed by atoms with Gasteiger partial charge in [-0.3, -0.25) is 10.0 Å². The summed E-state index contributed by atoms with van der Waals surface area (Å²) in [5, 5.41) is 4.11. The Balaban J connectivity index is 2.24. The first kappa shape index (κ1) is 14.1. The molecule has 0 aromatic heterocycles. The maximum atomic E-state index is 5.26. The molecule has 20 heavy (non-hydrogen) atoms. The SMILES string of the molecule is COc1cccc(N(C)N(C)c2cccc(OC)c2)c1. The van der Waals surface area contributed by atoms with E-state index in [2.05, 4.69) is 10.0 Å². The van der Waals surface area contributed by atoms with Gasteiger partial charge < -0.3 is 9.47 Å². The molecule has 0 bridgehead atoms. The molecular formula is C16H20N2O2. The van der Waals surface area contributed by atoms with Gasteiger partial charge in [0.15, 0.2) is 0 Å². The quantitative estimate of drug-likeness (QED) is 0.780. The summed E-state index contributed by atoms with van der Waals surface area (Å²) in [7, 11) is 7.36. The lowest BCUT2D eigenvalue weighted by molar-refractivity contribution is 0.414. The van der Waals surface area contributed by atoms with Crippen LogP contribution in [0.15, 0.2) is 48.5 Å². The molecule has 4 heteroatoms. The highest BCUT2D eigenvalue weighted by atomic mass is 16.5. The van der Waals surface area contributed by atoms with Gasteiger partial charge in [0.05, 0.1) is 25.6 Å². The van der Waals surface area contributed by atoms with E-state index in [0.717, 1.165) is 22.9 Å². The standard InChI is InChI=1S/C16H20N2O2/c1-17(13-7-5-9-15(11-13)19-3)18(2)14-8-6-10-16(12-14)20-4/h5-12H,1-4H3. The van der Waals surface area contributed by atoms with E-state index < -0.39 is 0 Å². The summed E-state index contributed by atoms with van der Waals surface area (Å²) < 4.78 is 10.5. The van der Waals surface area contributed by atoms with Crippen LogP contribution in [0.2, 0.25) is 0 Å². The van der Waals surface area contributed by atoms with Gasteiger partial charge >= 0.3 is 0 Å². The number of ether oxygens (including phenoxy) is 2. The molecule has 0 aliphatic heterocycles. The minimum atomic E-state index is 0.841. The van der Waals surface area contributed by atoms with Crippen molar-refractivity contribution in [1.82, 2.24) is 0 Å². The molecule has 0 heterocycles. The van der Waals surface area contributed by atoms with Gasteiger partial charge in [-0.15, -0.1) is 0 Å². The van der Waals surface area contributed by atoms with Crippen LogP contribution in [0.4, 0.5) is 11.4 Å². The number of hydrogen-bond donors (Lipinski definition) is 0. The highest BCUT2D eigenvalue weighted by molar-refractivity contribution is 5.59. The van der Waals surface area contributed by atoms with Crippen molar-refractivity contribution in [2.24, 2.45) is 0 Å². The molecule has 0 fully saturated rings. The Labute approximate surface area is 120 Å². The lowest BCUT2D eigenvalue weighted by Crippen LogP contribution is -2.36. The van der Waals surface area contributed by atoms with E-state index in [1.54, 1.807) is 14.2 Å². The smallest absolute Gasteiger partial charge is 0.120 e. The normalized spacial score (nSPS) is 10.0. The fourth-order valence-electron chi connectivity index (χ4n) is 1.97. The molecule has 2 rings (SSSR count). The van der Waals surface area contributed by atoms with Crippen LogP contribution in [0.3, 0.4) is 0 Å². The van der Waals surface area contributed by atoms with Crippen molar-refractivity contribution in [2.75, 3.05) is 38.3 Å². The van der Waals surface area contributed by atoms with Crippen LogP contribution >= 0.6 is 0 Å². The number of nitrogens with zero attached hydrogens (tertiary/aromatic N) is 2. The van der Waals surface area contributed by atoms with Crippen molar-refractivity contribution < 1.29 is 9.47 Å². The Morgan fingerprint density at radius 1 is 0.700 bits per heavy atom. The predicted octanol–water partition coefficient (Wildman–Crippen LogP) is 3.19. The Morgan fingerprint density at radius 2 is 1.10 bits per heavy atom. The van der Waals surface area contributed by atoms with Gasteiger partial charge in [0.25, 0.3) is 0 Å². The third-order valence-corrected chi connectivity index (χ3v) is 3.30. The molecule has 0 saturated carbocycles. The van der Waals surface area contributed by atoms with Crippen LogP contribution in [-0.4, -0.2) is 28.3 Å². The second kappa shape index (κ2) is 6.19. The molecule has 0 N–H and O–H groups in total. The summed E-state index contributed by atoms with van der Waals surface area (Å²) in [6, 6.07) is 15.9. The van der Waals surface area contributed by atoms with Crippen molar-refractivity contribution in [3.63, 3.8) is 0 Å². The second-order valence-corrected chi connectivity index (χ2v) is 4.45. The molecule has 0 aliphatic carbocycles. The zero-order valence-electron chi connectivity index (χ0n) is 12.3. The summed E-state index contributed by atoms with van der Waals surface area (Å²) in [4.78, 5) is 0. The van der Waals surface area contributed by atoms with Crippen LogP contribution < -0.4 is 19.5 Å². The number of hydrogen-bond acceptors (Lipinski definition) is 4. The highest BCUT2D eigenvalue weighted by Crippen LogP contribution is 2.25. The summed E-state index contributed by atoms with van der Waals surface area (Å²) in [5.74, 6) is 1.68. The Morgan fingerprint density at radius 3 is 1.45 bits per heavy atom. The summed E-state index contributed by atoms with van der Waals surface area (Å²) in [6.45, 7) is 0. The predicted molar refractivity (Wildman–Crippen MR) is 82.8 cm³/mol. The molecule has 0 atom stereocenters. The van der Waals surface area contributed by atoms with E-state index in [1.807, 2.05) is 62.6 Å². The molecule has 2 aromatic rings. The van der Waals surface area contributed by atoms with Crippen molar-refractivity contribution in [3.05, 3.63) is 48.5 Å². The van der Waals surface area contributed by atoms with Gasteiger partial charge in [-0.05, 0) is 24.3 Å². The fraction of sp³-hybridized carbons (Fsp3) is 0.250. The van der Waals surface area contributed by atoms with Gasteiger partial charge in [0.2, 0.25) is 0 Å². The van der Waals surface area contributed by atoms with Crippen LogP contribution in [0.1, 0.15) is 0 Å². The van der Waals surface area contributed by atoms with E-state index in [-0.39, 0.29) is 0 Å². The van der Waals surface area contributed by atoms with Crippen molar-refractivity contribution in [1.29, 1.82) is 0 Å². The first-order chi connectivity index (χ1) is 9.65. The van der Waals surface area contributed by atoms with Crippen LogP contribution in [0.5, 0.6) is 11.5 Å². The average Bonchev–Trinajstić information content (AvgIpc) is 2.53. The molecule has 2 aromatic carbocycles. The summed E-state index contributed by atoms with van der Waals surface area (Å²) in [5.41, 5.74) is 2.10. The zero-order valence-corrected chi connectivity index (χ0v) is 12.3. The largest absolute Gasteiger partial charge is 0.497 e. The second-order valence-electron chi connectivity index (χ2n) is 4.45. The first-order valence-corrected chi connectivity index (χ1v) is 6.41. The van der Waals surface area contributed by atoms with E-state index in [0.29, 0.717) is 0 Å². The van der Waals surface area contributed by atoms with E-state index in [9.17, 15) is 0 Å². The summed E-state index contributed by atoms with van der Waals surface area (Å²) >= 11 is 0. The van der Waals surface area contributed by atoms with Gasteiger partial charge in [0, 0.05) is 26.2 Å². The van der Waals surface area contributed by atoms with Gasteiger partial charge in [-0.25, -0.2) is 0 Å². The number of benzene rings is 2. The van der Waals surface area contributed by atoms with Crippen molar-refractivity contribution in [3.8, 4) is 11.5 Å². The monoisotopic (exact) mass is 272 g/mol. The summed E-state index contributed by atoms with van der Waals surface area (Å²) in [6.07, 6.45) is 0. The Hall–Kier alpha value is -2.36. The maximum Gasteiger partial charge on any atom is 0.120 e. The molecule has 4 nitrogen and oxygen atoms in total. The van der Waals surface area contributed by atoms with Crippen molar-refractivity contribution >= 4 is 11.4 Å². The van der Waals surface area contributed by atoms with Crippen LogP contribution in [0.25, 0.3) is 0 Å². The molecule has 0 spiro atoms. The Bertz CT molecular complexity index is 520. The first-order valence-electron chi connectivity index (χ1n) is 6.41. The lowest BCUT2D eigenvalue weighted by Gasteiger charge is -2.32. The van der Waals surface area contributed by atoms with Gasteiger partial charge in [-0.2, -0.15) is 0 Å². The Kier molecular flexibility index (Phi) is 4.35. The van der Waals surface area contributed by atoms with E-state index in [1.165, 1.54) is 0 Å². The maximum absolute atomic E-state index is 5.26. The average molecular weight is 272 g/mol. The van der Waals surface area contributed by atoms with Crippen molar-refractivity contribution in [2.45, 2.75) is 0 Å². The van der Waals surface area contributed by atoms with Crippen LogP contribution in [0, 0.1) is 0 Å². The molecule has 0 radical (unpaired) electrons. The van der Waals surface area contributed by atoms with Gasteiger partial charge in [0.1, 0.15) is 11.5 Å². The highest BCUT2D eigenvalue weighted by Gasteiger charge is 2.10. The molecule has 0 aliphatic rings. The van der Waals surface area contributed by atoms with Gasteiger partial charge in [-0.1, -0.05) is 12.1 Å². The van der Waals surface area contributed by atoms with Crippen LogP contribution in [-0.2, 0) is 0 Å². The number of rotatable bonds is 5. The third kappa shape index (κ3) is 2.96. The third-order valence-electron chi connectivity index (χ3n) is 3.30. The zero-order chi connectivity index (χ0) is 14.5. The fourth-order valence-corrected chi connectivity index (χ4v) is 1.97. The number of anilines is 2. The molecule has 106 valence electrons. The number of hydrazine groups is 1. The minimum Gasteiger partial charge on any atom is -0.497 e. The van der Waals surface area contributed by atoms with E-state index >= 15 is 0 Å². The molecule has 0 amide bonds. The molecule has 0 saturated heterocycles. The molecule has 0 unspecified atom stereocenters. The minimum absolute atomic E-state index is 0.841. The molecular weight excluding hydrogens is 252 g/mol. The van der Waals surface area contributed by atoms with E-state index in [4.69, 9.17) is 9.47 Å². The lowest BCUT2D eigenvalue weighted by atomic mass is 10.3. The topological polar surface area (TPSA) is 24.9 Å².